The Kier molecular flexibility index (Phi) is 4.78. The topological polar surface area (TPSA) is 83.5 Å². The molecule has 2 unspecified atom stereocenters. The second-order valence-corrected chi connectivity index (χ2v) is 8.03. The van der Waals surface area contributed by atoms with Crippen LogP contribution in [0.15, 0.2) is 0 Å². The molecule has 0 saturated heterocycles. The summed E-state index contributed by atoms with van der Waals surface area (Å²) >= 11 is 0. The Morgan fingerprint density at radius 3 is 2.33 bits per heavy atom. The molecule has 1 saturated carbocycles. The van der Waals surface area contributed by atoms with E-state index in [4.69, 9.17) is 5.11 Å². The maximum Gasteiger partial charge on any atom is 0.308 e. The quantitative estimate of drug-likeness (QED) is 0.817. The van der Waals surface area contributed by atoms with Gasteiger partial charge in [0.2, 0.25) is 10.0 Å². The molecular formula is C12H23NO4S. The van der Waals surface area contributed by atoms with E-state index in [2.05, 4.69) is 4.72 Å². The van der Waals surface area contributed by atoms with Crippen molar-refractivity contribution in [3.8, 4) is 0 Å². The lowest BCUT2D eigenvalue weighted by atomic mass is 9.85. The summed E-state index contributed by atoms with van der Waals surface area (Å²) in [6, 6.07) is -0.455. The molecule has 6 heteroatoms. The highest BCUT2D eigenvalue weighted by Gasteiger charge is 2.34. The highest BCUT2D eigenvalue weighted by atomic mass is 32.2. The van der Waals surface area contributed by atoms with Gasteiger partial charge >= 0.3 is 5.97 Å². The van der Waals surface area contributed by atoms with E-state index in [1.807, 2.05) is 20.8 Å². The van der Waals surface area contributed by atoms with Crippen molar-refractivity contribution in [3.63, 3.8) is 0 Å². The minimum absolute atomic E-state index is 0.0167. The molecule has 0 aromatic carbocycles. The van der Waals surface area contributed by atoms with Crippen LogP contribution in [0.2, 0.25) is 0 Å². The predicted molar refractivity (Wildman–Crippen MR) is 69.8 cm³/mol. The Morgan fingerprint density at radius 2 is 1.83 bits per heavy atom. The molecule has 1 rings (SSSR count). The van der Waals surface area contributed by atoms with Gasteiger partial charge in [0.1, 0.15) is 0 Å². The van der Waals surface area contributed by atoms with Crippen LogP contribution >= 0.6 is 0 Å². The van der Waals surface area contributed by atoms with E-state index >= 15 is 0 Å². The number of sulfonamides is 1. The van der Waals surface area contributed by atoms with E-state index in [1.165, 1.54) is 0 Å². The number of nitrogens with one attached hydrogen (secondary N) is 1. The zero-order valence-electron chi connectivity index (χ0n) is 11.3. The number of carbonyl (C=O) groups is 1. The molecule has 1 aliphatic carbocycles. The van der Waals surface area contributed by atoms with Crippen molar-refractivity contribution in [1.82, 2.24) is 4.72 Å². The minimum atomic E-state index is -3.42. The lowest BCUT2D eigenvalue weighted by molar-refractivity contribution is -0.143. The Hall–Kier alpha value is -0.620. The van der Waals surface area contributed by atoms with E-state index in [0.717, 1.165) is 12.8 Å². The van der Waals surface area contributed by atoms with Crippen LogP contribution in [0.3, 0.4) is 0 Å². The standard InChI is InChI=1S/C12H23NO4S/c1-12(2,3)8-18(16,17)13-10-7-5-4-6-9(10)11(14)15/h9-10,13H,4-8H2,1-3H3,(H,14,15). The highest BCUT2D eigenvalue weighted by Crippen LogP contribution is 2.26. The van der Waals surface area contributed by atoms with Crippen molar-refractivity contribution in [3.05, 3.63) is 0 Å². The van der Waals surface area contributed by atoms with E-state index in [0.29, 0.717) is 12.8 Å². The van der Waals surface area contributed by atoms with Crippen LogP contribution in [0.4, 0.5) is 0 Å². The molecule has 0 spiro atoms. The number of aliphatic carboxylic acids is 1. The summed E-state index contributed by atoms with van der Waals surface area (Å²) in [6.45, 7) is 5.55. The van der Waals surface area contributed by atoms with E-state index in [1.54, 1.807) is 0 Å². The Morgan fingerprint density at radius 1 is 1.28 bits per heavy atom. The zero-order chi connectivity index (χ0) is 14.0. The molecule has 0 aromatic rings. The first-order valence-electron chi connectivity index (χ1n) is 6.33. The first-order valence-corrected chi connectivity index (χ1v) is 7.99. The van der Waals surface area contributed by atoms with Gasteiger partial charge in [0.15, 0.2) is 0 Å². The molecule has 0 aromatic heterocycles. The van der Waals surface area contributed by atoms with Crippen LogP contribution in [0.25, 0.3) is 0 Å². The summed E-state index contributed by atoms with van der Waals surface area (Å²) in [5.41, 5.74) is -0.334. The number of carboxylic acid groups (broad SMARTS) is 1. The SMILES string of the molecule is CC(C)(C)CS(=O)(=O)NC1CCCCC1C(=O)O. The normalized spacial score (nSPS) is 25.9. The lowest BCUT2D eigenvalue weighted by Gasteiger charge is -2.30. The van der Waals surface area contributed by atoms with Crippen molar-refractivity contribution >= 4 is 16.0 Å². The molecule has 2 atom stereocenters. The van der Waals surface area contributed by atoms with E-state index < -0.39 is 28.0 Å². The third-order valence-corrected chi connectivity index (χ3v) is 4.95. The maximum atomic E-state index is 12.0. The minimum Gasteiger partial charge on any atom is -0.481 e. The van der Waals surface area contributed by atoms with Gasteiger partial charge in [-0.1, -0.05) is 33.6 Å². The Labute approximate surface area is 109 Å². The third kappa shape index (κ3) is 4.94. The van der Waals surface area contributed by atoms with Crippen molar-refractivity contribution in [2.45, 2.75) is 52.5 Å². The average molecular weight is 277 g/mol. The maximum absolute atomic E-state index is 12.0. The van der Waals surface area contributed by atoms with Crippen molar-refractivity contribution in [1.29, 1.82) is 0 Å². The molecule has 106 valence electrons. The Bertz CT molecular complexity index is 397. The smallest absolute Gasteiger partial charge is 0.308 e. The largest absolute Gasteiger partial charge is 0.481 e. The van der Waals surface area contributed by atoms with Gasteiger partial charge in [0.05, 0.1) is 11.7 Å². The summed E-state index contributed by atoms with van der Waals surface area (Å²) in [5.74, 6) is -1.48. The molecule has 0 aliphatic heterocycles. The molecule has 1 aliphatic rings. The third-order valence-electron chi connectivity index (χ3n) is 3.04. The molecular weight excluding hydrogens is 254 g/mol. The van der Waals surface area contributed by atoms with E-state index in [9.17, 15) is 13.2 Å². The zero-order valence-corrected chi connectivity index (χ0v) is 12.1. The van der Waals surface area contributed by atoms with Crippen LogP contribution in [-0.4, -0.2) is 31.3 Å². The molecule has 5 nitrogen and oxygen atoms in total. The predicted octanol–water partition coefficient (Wildman–Crippen LogP) is 1.60. The van der Waals surface area contributed by atoms with Gasteiger partial charge < -0.3 is 5.11 Å². The molecule has 2 N–H and O–H groups in total. The van der Waals surface area contributed by atoms with Crippen LogP contribution < -0.4 is 4.72 Å². The first kappa shape index (κ1) is 15.4. The van der Waals surface area contributed by atoms with E-state index in [-0.39, 0.29) is 11.2 Å². The fourth-order valence-corrected chi connectivity index (χ4v) is 4.38. The summed E-state index contributed by atoms with van der Waals surface area (Å²) < 4.78 is 26.5. The highest BCUT2D eigenvalue weighted by molar-refractivity contribution is 7.89. The summed E-state index contributed by atoms with van der Waals surface area (Å²) in [4.78, 5) is 11.1. The van der Waals surface area contributed by atoms with Gasteiger partial charge in [-0.2, -0.15) is 0 Å². The molecule has 0 radical (unpaired) electrons. The number of rotatable bonds is 4. The number of hydrogen-bond acceptors (Lipinski definition) is 3. The molecule has 0 amide bonds. The molecule has 1 fully saturated rings. The van der Waals surface area contributed by atoms with Crippen molar-refractivity contribution < 1.29 is 18.3 Å². The average Bonchev–Trinajstić information content (AvgIpc) is 2.13. The fraction of sp³-hybridized carbons (Fsp3) is 0.917. The van der Waals surface area contributed by atoms with Crippen LogP contribution in [-0.2, 0) is 14.8 Å². The first-order chi connectivity index (χ1) is 8.11. The second-order valence-electron chi connectivity index (χ2n) is 6.27. The molecule has 0 heterocycles. The van der Waals surface area contributed by atoms with Crippen LogP contribution in [0, 0.1) is 11.3 Å². The Balaban J connectivity index is 2.72. The van der Waals surface area contributed by atoms with Gasteiger partial charge in [-0.25, -0.2) is 13.1 Å². The van der Waals surface area contributed by atoms with Crippen molar-refractivity contribution in [2.24, 2.45) is 11.3 Å². The van der Waals surface area contributed by atoms with Crippen LogP contribution in [0.1, 0.15) is 46.5 Å². The van der Waals surface area contributed by atoms with Crippen molar-refractivity contribution in [2.75, 3.05) is 5.75 Å². The van der Waals surface area contributed by atoms with Gasteiger partial charge in [0.25, 0.3) is 0 Å². The van der Waals surface area contributed by atoms with Gasteiger partial charge in [-0.15, -0.1) is 0 Å². The molecule has 0 bridgehead atoms. The fourth-order valence-electron chi connectivity index (χ4n) is 2.41. The second kappa shape index (κ2) is 5.57. The summed E-state index contributed by atoms with van der Waals surface area (Å²) in [5, 5.41) is 9.10. The summed E-state index contributed by atoms with van der Waals surface area (Å²) in [7, 11) is -3.42. The van der Waals surface area contributed by atoms with Gasteiger partial charge in [-0.05, 0) is 18.3 Å². The number of hydrogen-bond donors (Lipinski definition) is 2. The van der Waals surface area contributed by atoms with Gasteiger partial charge in [-0.3, -0.25) is 4.79 Å². The monoisotopic (exact) mass is 277 g/mol. The van der Waals surface area contributed by atoms with Crippen LogP contribution in [0.5, 0.6) is 0 Å². The molecule has 18 heavy (non-hydrogen) atoms. The lowest BCUT2D eigenvalue weighted by Crippen LogP contribution is -2.47. The van der Waals surface area contributed by atoms with Gasteiger partial charge in [0, 0.05) is 6.04 Å². The summed E-state index contributed by atoms with van der Waals surface area (Å²) in [6.07, 6.45) is 2.90. The number of carboxylic acids is 1.